The lowest BCUT2D eigenvalue weighted by atomic mass is 10.1. The minimum atomic E-state index is -0.0304. The van der Waals surface area contributed by atoms with Crippen molar-refractivity contribution in [2.45, 2.75) is 22.6 Å². The van der Waals surface area contributed by atoms with Gasteiger partial charge in [-0.2, -0.15) is 0 Å². The van der Waals surface area contributed by atoms with Crippen LogP contribution in [-0.2, 0) is 11.2 Å². The number of carbonyl (C=O) groups excluding carboxylic acids is 1. The van der Waals surface area contributed by atoms with Gasteiger partial charge in [0.05, 0.1) is 15.7 Å². The summed E-state index contributed by atoms with van der Waals surface area (Å²) in [5.74, 6) is -0.0304. The molecule has 0 atom stereocenters. The molecule has 0 spiro atoms. The Balaban J connectivity index is 1.63. The summed E-state index contributed by atoms with van der Waals surface area (Å²) in [6.45, 7) is 0. The van der Waals surface area contributed by atoms with Gasteiger partial charge in [0.2, 0.25) is 5.91 Å². The van der Waals surface area contributed by atoms with Crippen LogP contribution >= 0.6 is 35.0 Å². The molecule has 0 fully saturated rings. The Hall–Kier alpha value is -1.94. The van der Waals surface area contributed by atoms with Crippen LogP contribution in [0.15, 0.2) is 82.6 Å². The van der Waals surface area contributed by atoms with Crippen molar-refractivity contribution in [1.29, 1.82) is 0 Å². The van der Waals surface area contributed by atoms with E-state index in [2.05, 4.69) is 5.32 Å². The zero-order valence-electron chi connectivity index (χ0n) is 13.9. The van der Waals surface area contributed by atoms with Crippen molar-refractivity contribution in [3.05, 3.63) is 88.4 Å². The van der Waals surface area contributed by atoms with Crippen molar-refractivity contribution >= 4 is 46.6 Å². The fourth-order valence-electron chi connectivity index (χ4n) is 2.44. The van der Waals surface area contributed by atoms with Crippen LogP contribution in [0.2, 0.25) is 10.0 Å². The molecule has 0 aliphatic carbocycles. The molecular weight excluding hydrogens is 385 g/mol. The van der Waals surface area contributed by atoms with E-state index in [4.69, 9.17) is 23.2 Å². The molecule has 0 heterocycles. The van der Waals surface area contributed by atoms with E-state index in [1.54, 1.807) is 23.9 Å². The van der Waals surface area contributed by atoms with Crippen molar-refractivity contribution in [2.75, 3.05) is 5.32 Å². The summed E-state index contributed by atoms with van der Waals surface area (Å²) in [5.41, 5.74) is 1.81. The molecule has 0 bridgehead atoms. The number of para-hydroxylation sites is 1. The third-order valence-electron chi connectivity index (χ3n) is 3.76. The molecule has 0 aliphatic rings. The van der Waals surface area contributed by atoms with Crippen molar-refractivity contribution in [3.8, 4) is 0 Å². The molecule has 2 nitrogen and oxygen atoms in total. The summed E-state index contributed by atoms with van der Waals surface area (Å²) in [7, 11) is 0. The van der Waals surface area contributed by atoms with E-state index >= 15 is 0 Å². The van der Waals surface area contributed by atoms with Gasteiger partial charge >= 0.3 is 0 Å². The summed E-state index contributed by atoms with van der Waals surface area (Å²) in [5, 5.41) is 4.04. The van der Waals surface area contributed by atoms with Gasteiger partial charge in [-0.25, -0.2) is 0 Å². The quantitative estimate of drug-likeness (QED) is 0.496. The SMILES string of the molecule is O=C(CCc1ccc(Cl)c(Cl)c1)Nc1ccccc1Sc1ccccc1. The van der Waals surface area contributed by atoms with Crippen LogP contribution in [0, 0.1) is 0 Å². The van der Waals surface area contributed by atoms with E-state index in [1.807, 2.05) is 60.7 Å². The average Bonchev–Trinajstić information content (AvgIpc) is 2.65. The van der Waals surface area contributed by atoms with Crippen molar-refractivity contribution < 1.29 is 4.79 Å². The van der Waals surface area contributed by atoms with Crippen molar-refractivity contribution in [1.82, 2.24) is 0 Å². The standard InChI is InChI=1S/C21H17Cl2NOS/c22-17-12-10-15(14-18(17)23)11-13-21(25)24-19-8-4-5-9-20(19)26-16-6-2-1-3-7-16/h1-10,12,14H,11,13H2,(H,24,25). The molecular formula is C21H17Cl2NOS. The van der Waals surface area contributed by atoms with Crippen LogP contribution in [0.4, 0.5) is 5.69 Å². The number of nitrogens with one attached hydrogen (secondary N) is 1. The van der Waals surface area contributed by atoms with Gasteiger partial charge in [-0.3, -0.25) is 4.79 Å². The maximum atomic E-state index is 12.4. The van der Waals surface area contributed by atoms with E-state index in [1.165, 1.54) is 0 Å². The minimum absolute atomic E-state index is 0.0304. The van der Waals surface area contributed by atoms with E-state index in [-0.39, 0.29) is 5.91 Å². The first-order valence-electron chi connectivity index (χ1n) is 8.17. The molecule has 0 aliphatic heterocycles. The lowest BCUT2D eigenvalue weighted by Gasteiger charge is -2.11. The fourth-order valence-corrected chi connectivity index (χ4v) is 3.68. The molecule has 3 rings (SSSR count). The van der Waals surface area contributed by atoms with Crippen LogP contribution < -0.4 is 5.32 Å². The number of benzene rings is 3. The number of hydrogen-bond acceptors (Lipinski definition) is 2. The number of aryl methyl sites for hydroxylation is 1. The van der Waals surface area contributed by atoms with Gasteiger partial charge in [0.15, 0.2) is 0 Å². The summed E-state index contributed by atoms with van der Waals surface area (Å²) in [6.07, 6.45) is 0.985. The fraction of sp³-hybridized carbons (Fsp3) is 0.0952. The number of rotatable bonds is 6. The molecule has 5 heteroatoms. The van der Waals surface area contributed by atoms with Gasteiger partial charge in [-0.15, -0.1) is 0 Å². The molecule has 26 heavy (non-hydrogen) atoms. The summed E-state index contributed by atoms with van der Waals surface area (Å²) in [4.78, 5) is 14.5. The molecule has 3 aromatic rings. The zero-order valence-corrected chi connectivity index (χ0v) is 16.2. The number of halogens is 2. The van der Waals surface area contributed by atoms with Crippen molar-refractivity contribution in [3.63, 3.8) is 0 Å². The highest BCUT2D eigenvalue weighted by Gasteiger charge is 2.09. The molecule has 1 N–H and O–H groups in total. The van der Waals surface area contributed by atoms with Crippen LogP contribution in [0.25, 0.3) is 0 Å². The zero-order chi connectivity index (χ0) is 18.4. The monoisotopic (exact) mass is 401 g/mol. The second kappa shape index (κ2) is 9.13. The third-order valence-corrected chi connectivity index (χ3v) is 5.58. The van der Waals surface area contributed by atoms with E-state index in [0.29, 0.717) is 22.9 Å². The van der Waals surface area contributed by atoms with Gasteiger partial charge in [-0.1, -0.05) is 71.4 Å². The van der Waals surface area contributed by atoms with Gasteiger partial charge in [-0.05, 0) is 48.4 Å². The second-order valence-corrected chi connectivity index (χ2v) is 7.64. The lowest BCUT2D eigenvalue weighted by Crippen LogP contribution is -2.13. The Morgan fingerprint density at radius 1 is 0.885 bits per heavy atom. The third kappa shape index (κ3) is 5.28. The van der Waals surface area contributed by atoms with Crippen molar-refractivity contribution in [2.24, 2.45) is 0 Å². The van der Waals surface area contributed by atoms with Gasteiger partial charge in [0, 0.05) is 16.2 Å². The number of anilines is 1. The Kier molecular flexibility index (Phi) is 6.62. The normalized spacial score (nSPS) is 10.5. The predicted molar refractivity (Wildman–Crippen MR) is 110 cm³/mol. The molecule has 0 aromatic heterocycles. The summed E-state index contributed by atoms with van der Waals surface area (Å²) in [6, 6.07) is 23.3. The van der Waals surface area contributed by atoms with Gasteiger partial charge in [0.1, 0.15) is 0 Å². The largest absolute Gasteiger partial charge is 0.325 e. The number of amides is 1. The Morgan fingerprint density at radius 3 is 2.38 bits per heavy atom. The average molecular weight is 402 g/mol. The maximum Gasteiger partial charge on any atom is 0.224 e. The first-order valence-corrected chi connectivity index (χ1v) is 9.75. The van der Waals surface area contributed by atoms with E-state index < -0.39 is 0 Å². The summed E-state index contributed by atoms with van der Waals surface area (Å²) >= 11 is 13.6. The Morgan fingerprint density at radius 2 is 1.62 bits per heavy atom. The highest BCUT2D eigenvalue weighted by molar-refractivity contribution is 7.99. The molecule has 0 unspecified atom stereocenters. The maximum absolute atomic E-state index is 12.4. The first-order chi connectivity index (χ1) is 12.6. The lowest BCUT2D eigenvalue weighted by molar-refractivity contribution is -0.116. The predicted octanol–water partition coefficient (Wildman–Crippen LogP) is 6.72. The first kappa shape index (κ1) is 18.8. The molecule has 0 radical (unpaired) electrons. The second-order valence-electron chi connectivity index (χ2n) is 5.71. The molecule has 0 saturated heterocycles. The number of hydrogen-bond donors (Lipinski definition) is 1. The molecule has 132 valence electrons. The van der Waals surface area contributed by atoms with E-state index in [0.717, 1.165) is 21.0 Å². The smallest absolute Gasteiger partial charge is 0.224 e. The molecule has 1 amide bonds. The van der Waals surface area contributed by atoms with E-state index in [9.17, 15) is 4.79 Å². The molecule has 0 saturated carbocycles. The van der Waals surface area contributed by atoms with Crippen LogP contribution in [0.3, 0.4) is 0 Å². The Bertz CT molecular complexity index is 900. The van der Waals surface area contributed by atoms with Gasteiger partial charge < -0.3 is 5.32 Å². The van der Waals surface area contributed by atoms with Gasteiger partial charge in [0.25, 0.3) is 0 Å². The van der Waals surface area contributed by atoms with Crippen LogP contribution in [-0.4, -0.2) is 5.91 Å². The highest BCUT2D eigenvalue weighted by atomic mass is 35.5. The minimum Gasteiger partial charge on any atom is -0.325 e. The van der Waals surface area contributed by atoms with Crippen LogP contribution in [0.5, 0.6) is 0 Å². The summed E-state index contributed by atoms with van der Waals surface area (Å²) < 4.78 is 0. The number of carbonyl (C=O) groups is 1. The van der Waals surface area contributed by atoms with Crippen LogP contribution in [0.1, 0.15) is 12.0 Å². The Labute approximate surface area is 167 Å². The topological polar surface area (TPSA) is 29.1 Å². The highest BCUT2D eigenvalue weighted by Crippen LogP contribution is 2.33. The molecule has 3 aromatic carbocycles.